The van der Waals surface area contributed by atoms with Gasteiger partial charge in [0.05, 0.1) is 24.1 Å². The maximum absolute atomic E-state index is 11.7. The molecule has 0 aliphatic heterocycles. The van der Waals surface area contributed by atoms with Crippen LogP contribution in [0.5, 0.6) is 0 Å². The lowest BCUT2D eigenvalue weighted by molar-refractivity contribution is 0.0949. The van der Waals surface area contributed by atoms with Gasteiger partial charge in [0.25, 0.3) is 5.91 Å². The molecule has 0 spiro atoms. The van der Waals surface area contributed by atoms with E-state index in [1.54, 1.807) is 18.5 Å². The van der Waals surface area contributed by atoms with Gasteiger partial charge in [0, 0.05) is 12.7 Å². The fourth-order valence-electron chi connectivity index (χ4n) is 1.66. The molecule has 5 nitrogen and oxygen atoms in total. The van der Waals surface area contributed by atoms with Gasteiger partial charge in [0.2, 0.25) is 0 Å². The number of hydrogen-bond donors (Lipinski definition) is 2. The summed E-state index contributed by atoms with van der Waals surface area (Å²) in [6.45, 7) is 3.31. The van der Waals surface area contributed by atoms with Crippen molar-refractivity contribution in [3.8, 4) is 0 Å². The lowest BCUT2D eigenvalue weighted by Gasteiger charge is -2.07. The molecule has 0 atom stereocenters. The molecule has 0 aliphatic carbocycles. The van der Waals surface area contributed by atoms with E-state index in [2.05, 4.69) is 20.6 Å². The topological polar surface area (TPSA) is 66.9 Å². The van der Waals surface area contributed by atoms with Crippen LogP contribution in [0.3, 0.4) is 0 Å². The average Bonchev–Trinajstić information content (AvgIpc) is 2.52. The Hall–Kier alpha value is -2.43. The minimum atomic E-state index is -0.136. The van der Waals surface area contributed by atoms with Crippen LogP contribution in [0.4, 0.5) is 5.69 Å². The lowest BCUT2D eigenvalue weighted by Crippen LogP contribution is -2.24. The van der Waals surface area contributed by atoms with Crippen LogP contribution in [0.15, 0.2) is 42.7 Å². The number of anilines is 1. The molecule has 5 heteroatoms. The summed E-state index contributed by atoms with van der Waals surface area (Å²) in [5.74, 6) is -0.136. The third kappa shape index (κ3) is 4.05. The second-order valence-electron chi connectivity index (χ2n) is 4.36. The zero-order valence-electron chi connectivity index (χ0n) is 11.5. The molecule has 2 rings (SSSR count). The van der Waals surface area contributed by atoms with E-state index in [-0.39, 0.29) is 5.91 Å². The summed E-state index contributed by atoms with van der Waals surface area (Å²) in [6.07, 6.45) is 4.33. The molecule has 0 saturated heterocycles. The summed E-state index contributed by atoms with van der Waals surface area (Å²) in [7, 11) is 0. The molecule has 0 radical (unpaired) electrons. The van der Waals surface area contributed by atoms with Gasteiger partial charge in [-0.1, -0.05) is 13.0 Å². The SMILES string of the molecule is CCCNC(=O)c1ccc(NCc2ccccn2)cn1. The number of aromatic nitrogens is 2. The van der Waals surface area contributed by atoms with Crippen LogP contribution < -0.4 is 10.6 Å². The maximum Gasteiger partial charge on any atom is 0.269 e. The third-order valence-corrected chi connectivity index (χ3v) is 2.73. The summed E-state index contributed by atoms with van der Waals surface area (Å²) in [5, 5.41) is 6.01. The Kier molecular flexibility index (Phi) is 5.06. The molecule has 2 N–H and O–H groups in total. The van der Waals surface area contributed by atoms with Gasteiger partial charge in [-0.25, -0.2) is 4.98 Å². The van der Waals surface area contributed by atoms with Crippen LogP contribution >= 0.6 is 0 Å². The first kappa shape index (κ1) is 14.0. The summed E-state index contributed by atoms with van der Waals surface area (Å²) in [4.78, 5) is 20.1. The van der Waals surface area contributed by atoms with E-state index >= 15 is 0 Å². The van der Waals surface area contributed by atoms with Crippen molar-refractivity contribution in [2.75, 3.05) is 11.9 Å². The highest BCUT2D eigenvalue weighted by molar-refractivity contribution is 5.92. The predicted octanol–water partition coefficient (Wildman–Crippen LogP) is 2.23. The van der Waals surface area contributed by atoms with Crippen molar-refractivity contribution in [1.82, 2.24) is 15.3 Å². The third-order valence-electron chi connectivity index (χ3n) is 2.73. The number of amides is 1. The van der Waals surface area contributed by atoms with Gasteiger partial charge >= 0.3 is 0 Å². The summed E-state index contributed by atoms with van der Waals surface area (Å²) >= 11 is 0. The molecular formula is C15H18N4O. The zero-order valence-corrected chi connectivity index (χ0v) is 11.5. The van der Waals surface area contributed by atoms with E-state index in [1.165, 1.54) is 0 Å². The van der Waals surface area contributed by atoms with E-state index in [4.69, 9.17) is 0 Å². The molecule has 20 heavy (non-hydrogen) atoms. The largest absolute Gasteiger partial charge is 0.378 e. The highest BCUT2D eigenvalue weighted by atomic mass is 16.1. The first-order valence-electron chi connectivity index (χ1n) is 6.67. The Bertz CT molecular complexity index is 540. The van der Waals surface area contributed by atoms with Crippen molar-refractivity contribution >= 4 is 11.6 Å². The molecule has 0 aliphatic rings. The van der Waals surface area contributed by atoms with Gasteiger partial charge in [-0.2, -0.15) is 0 Å². The zero-order chi connectivity index (χ0) is 14.2. The van der Waals surface area contributed by atoms with E-state index in [9.17, 15) is 4.79 Å². The van der Waals surface area contributed by atoms with Crippen LogP contribution in [0.2, 0.25) is 0 Å². The Morgan fingerprint density at radius 3 is 2.75 bits per heavy atom. The number of nitrogens with one attached hydrogen (secondary N) is 2. The second kappa shape index (κ2) is 7.23. The van der Waals surface area contributed by atoms with Gasteiger partial charge in [0.15, 0.2) is 0 Å². The van der Waals surface area contributed by atoms with E-state index in [0.717, 1.165) is 17.8 Å². The van der Waals surface area contributed by atoms with Gasteiger partial charge in [-0.3, -0.25) is 9.78 Å². The van der Waals surface area contributed by atoms with E-state index in [1.807, 2.05) is 31.2 Å². The van der Waals surface area contributed by atoms with Gasteiger partial charge in [0.1, 0.15) is 5.69 Å². The van der Waals surface area contributed by atoms with Crippen molar-refractivity contribution in [3.63, 3.8) is 0 Å². The van der Waals surface area contributed by atoms with Crippen LogP contribution in [-0.4, -0.2) is 22.4 Å². The highest BCUT2D eigenvalue weighted by Crippen LogP contribution is 2.07. The molecule has 0 fully saturated rings. The molecule has 1 amide bonds. The smallest absolute Gasteiger partial charge is 0.269 e. The van der Waals surface area contributed by atoms with Gasteiger partial charge in [-0.05, 0) is 30.7 Å². The number of carbonyl (C=O) groups is 1. The number of pyridine rings is 2. The van der Waals surface area contributed by atoms with Crippen LogP contribution in [0.25, 0.3) is 0 Å². The molecule has 104 valence electrons. The number of nitrogens with zero attached hydrogens (tertiary/aromatic N) is 2. The minimum Gasteiger partial charge on any atom is -0.378 e. The Morgan fingerprint density at radius 2 is 2.10 bits per heavy atom. The molecule has 0 aromatic carbocycles. The summed E-state index contributed by atoms with van der Waals surface area (Å²) in [5.41, 5.74) is 2.25. The lowest BCUT2D eigenvalue weighted by atomic mass is 10.3. The molecule has 2 aromatic rings. The van der Waals surface area contributed by atoms with E-state index < -0.39 is 0 Å². The predicted molar refractivity (Wildman–Crippen MR) is 78.4 cm³/mol. The maximum atomic E-state index is 11.7. The molecule has 0 saturated carbocycles. The first-order chi connectivity index (χ1) is 9.79. The van der Waals surface area contributed by atoms with Crippen molar-refractivity contribution in [1.29, 1.82) is 0 Å². The van der Waals surface area contributed by atoms with Crippen LogP contribution in [0, 0.1) is 0 Å². The van der Waals surface area contributed by atoms with Crippen molar-refractivity contribution in [3.05, 3.63) is 54.1 Å². The quantitative estimate of drug-likeness (QED) is 0.844. The molecule has 2 aromatic heterocycles. The van der Waals surface area contributed by atoms with Crippen LogP contribution in [0.1, 0.15) is 29.5 Å². The molecule has 2 heterocycles. The standard InChI is InChI=1S/C15H18N4O/c1-2-8-17-15(20)14-7-6-13(11-19-14)18-10-12-5-3-4-9-16-12/h3-7,9,11,18H,2,8,10H2,1H3,(H,17,20). The minimum absolute atomic E-state index is 0.136. The first-order valence-corrected chi connectivity index (χ1v) is 6.67. The highest BCUT2D eigenvalue weighted by Gasteiger charge is 2.05. The summed E-state index contributed by atoms with van der Waals surface area (Å²) < 4.78 is 0. The number of hydrogen-bond acceptors (Lipinski definition) is 4. The number of rotatable bonds is 6. The van der Waals surface area contributed by atoms with Crippen LogP contribution in [-0.2, 0) is 6.54 Å². The van der Waals surface area contributed by atoms with Gasteiger partial charge < -0.3 is 10.6 Å². The van der Waals surface area contributed by atoms with Crippen molar-refractivity contribution < 1.29 is 4.79 Å². The number of carbonyl (C=O) groups excluding carboxylic acids is 1. The molecule has 0 bridgehead atoms. The average molecular weight is 270 g/mol. The van der Waals surface area contributed by atoms with Gasteiger partial charge in [-0.15, -0.1) is 0 Å². The Labute approximate surface area is 118 Å². The Morgan fingerprint density at radius 1 is 1.20 bits per heavy atom. The molecular weight excluding hydrogens is 252 g/mol. The molecule has 0 unspecified atom stereocenters. The van der Waals surface area contributed by atoms with Crippen molar-refractivity contribution in [2.45, 2.75) is 19.9 Å². The Balaban J connectivity index is 1.90. The second-order valence-corrected chi connectivity index (χ2v) is 4.36. The normalized spacial score (nSPS) is 10.1. The summed E-state index contributed by atoms with van der Waals surface area (Å²) in [6, 6.07) is 9.34. The van der Waals surface area contributed by atoms with E-state index in [0.29, 0.717) is 18.8 Å². The fraction of sp³-hybridized carbons (Fsp3) is 0.267. The monoisotopic (exact) mass is 270 g/mol. The fourth-order valence-corrected chi connectivity index (χ4v) is 1.66. The van der Waals surface area contributed by atoms with Crippen molar-refractivity contribution in [2.24, 2.45) is 0 Å².